The second-order valence-electron chi connectivity index (χ2n) is 4.44. The molecule has 5 heteroatoms. The molecule has 2 aromatic rings. The van der Waals surface area contributed by atoms with Crippen molar-refractivity contribution in [3.63, 3.8) is 0 Å². The van der Waals surface area contributed by atoms with E-state index in [9.17, 15) is 0 Å². The predicted molar refractivity (Wildman–Crippen MR) is 74.1 cm³/mol. The topological polar surface area (TPSA) is 52.0 Å². The second kappa shape index (κ2) is 6.89. The number of aryl methyl sites for hydroxylation is 2. The fourth-order valence-electron chi connectivity index (χ4n) is 1.93. The first-order valence-electron chi connectivity index (χ1n) is 6.47. The highest BCUT2D eigenvalue weighted by Gasteiger charge is 2.00. The zero-order chi connectivity index (χ0) is 13.5. The lowest BCUT2D eigenvalue weighted by atomic mass is 10.3. The lowest BCUT2D eigenvalue weighted by Gasteiger charge is -2.07. The number of nitrogens with one attached hydrogen (secondary N) is 1. The third-order valence-corrected chi connectivity index (χ3v) is 2.82. The number of methoxy groups -OCH3 is 1. The zero-order valence-electron chi connectivity index (χ0n) is 11.5. The SMILES string of the molecule is COc1cc(C)nc(CNCCCn2cccn2)c1. The normalized spacial score (nSPS) is 10.6. The average molecular weight is 260 g/mol. The first kappa shape index (κ1) is 13.5. The van der Waals surface area contributed by atoms with Gasteiger partial charge < -0.3 is 10.1 Å². The van der Waals surface area contributed by atoms with Crippen molar-refractivity contribution in [1.29, 1.82) is 0 Å². The first-order valence-corrected chi connectivity index (χ1v) is 6.47. The van der Waals surface area contributed by atoms with Crippen molar-refractivity contribution in [3.8, 4) is 5.75 Å². The Labute approximate surface area is 113 Å². The Balaban J connectivity index is 1.72. The summed E-state index contributed by atoms with van der Waals surface area (Å²) in [7, 11) is 1.68. The second-order valence-corrected chi connectivity index (χ2v) is 4.44. The van der Waals surface area contributed by atoms with Gasteiger partial charge in [-0.05, 0) is 26.0 Å². The smallest absolute Gasteiger partial charge is 0.122 e. The molecule has 0 saturated carbocycles. The molecule has 0 bridgehead atoms. The molecule has 0 aliphatic rings. The van der Waals surface area contributed by atoms with E-state index in [-0.39, 0.29) is 0 Å². The summed E-state index contributed by atoms with van der Waals surface area (Å²) in [5.41, 5.74) is 1.99. The van der Waals surface area contributed by atoms with E-state index in [0.717, 1.165) is 43.2 Å². The highest BCUT2D eigenvalue weighted by Crippen LogP contribution is 2.12. The van der Waals surface area contributed by atoms with Gasteiger partial charge in [-0.15, -0.1) is 0 Å². The van der Waals surface area contributed by atoms with E-state index in [2.05, 4.69) is 15.4 Å². The molecule has 2 aromatic heterocycles. The summed E-state index contributed by atoms with van der Waals surface area (Å²) in [4.78, 5) is 4.47. The van der Waals surface area contributed by atoms with E-state index in [0.29, 0.717) is 0 Å². The van der Waals surface area contributed by atoms with Crippen LogP contribution in [-0.2, 0) is 13.1 Å². The van der Waals surface area contributed by atoms with E-state index in [1.165, 1.54) is 0 Å². The summed E-state index contributed by atoms with van der Waals surface area (Å²) in [5, 5.41) is 7.55. The van der Waals surface area contributed by atoms with Gasteiger partial charge in [0.05, 0.1) is 12.8 Å². The fourth-order valence-corrected chi connectivity index (χ4v) is 1.93. The van der Waals surface area contributed by atoms with Crippen LogP contribution in [0.5, 0.6) is 5.75 Å². The van der Waals surface area contributed by atoms with Gasteiger partial charge in [0.1, 0.15) is 5.75 Å². The fraction of sp³-hybridized carbons (Fsp3) is 0.429. The number of nitrogens with zero attached hydrogens (tertiary/aromatic N) is 3. The van der Waals surface area contributed by atoms with Crippen LogP contribution in [0.2, 0.25) is 0 Å². The van der Waals surface area contributed by atoms with Crippen LogP contribution in [0.1, 0.15) is 17.8 Å². The van der Waals surface area contributed by atoms with Crippen molar-refractivity contribution in [2.24, 2.45) is 0 Å². The maximum atomic E-state index is 5.23. The molecule has 0 atom stereocenters. The van der Waals surface area contributed by atoms with Gasteiger partial charge in [-0.25, -0.2) is 0 Å². The number of pyridine rings is 1. The molecule has 0 amide bonds. The van der Waals surface area contributed by atoms with E-state index in [1.807, 2.05) is 36.0 Å². The largest absolute Gasteiger partial charge is 0.497 e. The molecule has 0 radical (unpaired) electrons. The van der Waals surface area contributed by atoms with Crippen LogP contribution in [-0.4, -0.2) is 28.4 Å². The Morgan fingerprint density at radius 2 is 2.26 bits per heavy atom. The van der Waals surface area contributed by atoms with Gasteiger partial charge >= 0.3 is 0 Å². The van der Waals surface area contributed by atoms with Crippen molar-refractivity contribution >= 4 is 0 Å². The first-order chi connectivity index (χ1) is 9.28. The number of hydrogen-bond donors (Lipinski definition) is 1. The van der Waals surface area contributed by atoms with Crippen molar-refractivity contribution in [2.45, 2.75) is 26.4 Å². The Bertz CT molecular complexity index is 496. The molecule has 0 aromatic carbocycles. The van der Waals surface area contributed by atoms with Crippen LogP contribution < -0.4 is 10.1 Å². The molecule has 2 rings (SSSR count). The van der Waals surface area contributed by atoms with Gasteiger partial charge in [-0.1, -0.05) is 0 Å². The van der Waals surface area contributed by atoms with E-state index in [4.69, 9.17) is 4.74 Å². The molecular weight excluding hydrogens is 240 g/mol. The highest BCUT2D eigenvalue weighted by atomic mass is 16.5. The molecule has 0 spiro atoms. The molecule has 0 unspecified atom stereocenters. The van der Waals surface area contributed by atoms with Gasteiger partial charge in [0.25, 0.3) is 0 Å². The summed E-state index contributed by atoms with van der Waals surface area (Å²) >= 11 is 0. The van der Waals surface area contributed by atoms with Gasteiger partial charge in [-0.3, -0.25) is 9.67 Å². The summed E-state index contributed by atoms with van der Waals surface area (Å²) in [6.45, 7) is 4.61. The Morgan fingerprint density at radius 3 is 3.00 bits per heavy atom. The van der Waals surface area contributed by atoms with E-state index in [1.54, 1.807) is 13.3 Å². The minimum absolute atomic E-state index is 0.761. The third kappa shape index (κ3) is 4.37. The zero-order valence-corrected chi connectivity index (χ0v) is 11.5. The van der Waals surface area contributed by atoms with Crippen molar-refractivity contribution < 1.29 is 4.74 Å². The van der Waals surface area contributed by atoms with Crippen molar-refractivity contribution in [2.75, 3.05) is 13.7 Å². The quantitative estimate of drug-likeness (QED) is 0.771. The molecular formula is C14H20N4O. The van der Waals surface area contributed by atoms with E-state index >= 15 is 0 Å². The molecule has 0 aliphatic heterocycles. The van der Waals surface area contributed by atoms with Crippen molar-refractivity contribution in [1.82, 2.24) is 20.1 Å². The maximum Gasteiger partial charge on any atom is 0.122 e. The van der Waals surface area contributed by atoms with Crippen molar-refractivity contribution in [3.05, 3.63) is 42.0 Å². The van der Waals surface area contributed by atoms with Crippen LogP contribution in [0.3, 0.4) is 0 Å². The molecule has 0 aliphatic carbocycles. The predicted octanol–water partition coefficient (Wildman–Crippen LogP) is 1.78. The number of ether oxygens (including phenoxy) is 1. The van der Waals surface area contributed by atoms with Crippen LogP contribution in [0.25, 0.3) is 0 Å². The summed E-state index contributed by atoms with van der Waals surface area (Å²) in [5.74, 6) is 0.862. The molecule has 102 valence electrons. The molecule has 2 heterocycles. The van der Waals surface area contributed by atoms with Crippen LogP contribution in [0, 0.1) is 6.92 Å². The maximum absolute atomic E-state index is 5.23. The monoisotopic (exact) mass is 260 g/mol. The van der Waals surface area contributed by atoms with Gasteiger partial charge in [-0.2, -0.15) is 5.10 Å². The summed E-state index contributed by atoms with van der Waals surface area (Å²) in [6, 6.07) is 5.84. The average Bonchev–Trinajstić information content (AvgIpc) is 2.91. The summed E-state index contributed by atoms with van der Waals surface area (Å²) in [6.07, 6.45) is 4.83. The molecule has 1 N–H and O–H groups in total. The van der Waals surface area contributed by atoms with Gasteiger partial charge in [0.2, 0.25) is 0 Å². The third-order valence-electron chi connectivity index (χ3n) is 2.82. The molecule has 0 fully saturated rings. The molecule has 0 saturated heterocycles. The standard InChI is InChI=1S/C14H20N4O/c1-12-9-14(19-2)10-13(17-12)11-15-5-3-7-18-8-4-6-16-18/h4,6,8-10,15H,3,5,7,11H2,1-2H3. The van der Waals surface area contributed by atoms with Gasteiger partial charge in [0, 0.05) is 43.3 Å². The van der Waals surface area contributed by atoms with Gasteiger partial charge in [0.15, 0.2) is 0 Å². The van der Waals surface area contributed by atoms with Crippen LogP contribution >= 0.6 is 0 Å². The Hall–Kier alpha value is -1.88. The minimum atomic E-state index is 0.761. The molecule has 19 heavy (non-hydrogen) atoms. The lowest BCUT2D eigenvalue weighted by Crippen LogP contribution is -2.17. The highest BCUT2D eigenvalue weighted by molar-refractivity contribution is 5.26. The Morgan fingerprint density at radius 1 is 1.37 bits per heavy atom. The van der Waals surface area contributed by atoms with Crippen LogP contribution in [0.4, 0.5) is 0 Å². The summed E-state index contributed by atoms with van der Waals surface area (Å²) < 4.78 is 7.17. The van der Waals surface area contributed by atoms with Crippen LogP contribution in [0.15, 0.2) is 30.6 Å². The Kier molecular flexibility index (Phi) is 4.92. The number of rotatable bonds is 7. The number of aromatic nitrogens is 3. The molecule has 5 nitrogen and oxygen atoms in total. The number of hydrogen-bond acceptors (Lipinski definition) is 4. The van der Waals surface area contributed by atoms with E-state index < -0.39 is 0 Å². The minimum Gasteiger partial charge on any atom is -0.497 e. The lowest BCUT2D eigenvalue weighted by molar-refractivity contribution is 0.412.